The molecule has 1 aromatic rings. The molecule has 0 unspecified atom stereocenters. The van der Waals surface area contributed by atoms with Gasteiger partial charge < -0.3 is 5.73 Å². The zero-order valence-corrected chi connectivity index (χ0v) is 7.11. The lowest BCUT2D eigenvalue weighted by molar-refractivity contribution is 0.515. The van der Waals surface area contributed by atoms with Crippen LogP contribution in [0.15, 0.2) is 11.6 Å². The number of rotatable bonds is 2. The molecule has 0 aliphatic heterocycles. The number of hydrogen-bond donors (Lipinski definition) is 1. The highest BCUT2D eigenvalue weighted by Crippen LogP contribution is 2.11. The number of nitrogens with two attached hydrogens (primary N) is 1. The molecule has 56 valence electrons. The Labute approximate surface area is 65.1 Å². The van der Waals surface area contributed by atoms with Gasteiger partial charge in [-0.1, -0.05) is 0 Å². The van der Waals surface area contributed by atoms with Crippen LogP contribution in [-0.2, 0) is 6.42 Å². The minimum atomic E-state index is -0.127. The first-order valence-corrected chi connectivity index (χ1v) is 4.13. The first-order valence-electron chi connectivity index (χ1n) is 3.25. The summed E-state index contributed by atoms with van der Waals surface area (Å²) in [5.41, 5.74) is 5.67. The van der Waals surface area contributed by atoms with E-state index in [0.717, 1.165) is 11.4 Å². The lowest BCUT2D eigenvalue weighted by atomic mass is 10.0. The van der Waals surface area contributed by atoms with Crippen molar-refractivity contribution in [2.24, 2.45) is 5.73 Å². The molecule has 1 aromatic heterocycles. The largest absolute Gasteiger partial charge is 0.325 e. The second kappa shape index (κ2) is 2.68. The molecule has 3 heteroatoms. The van der Waals surface area contributed by atoms with Crippen LogP contribution in [0.25, 0.3) is 0 Å². The topological polar surface area (TPSA) is 38.9 Å². The van der Waals surface area contributed by atoms with Crippen LogP contribution in [0.2, 0.25) is 0 Å². The van der Waals surface area contributed by atoms with Crippen LogP contribution in [-0.4, -0.2) is 10.5 Å². The van der Waals surface area contributed by atoms with Crippen LogP contribution >= 0.6 is 11.3 Å². The van der Waals surface area contributed by atoms with Gasteiger partial charge in [-0.05, 0) is 13.8 Å². The van der Waals surface area contributed by atoms with Crippen LogP contribution in [0.3, 0.4) is 0 Å². The average Bonchev–Trinajstić information content (AvgIpc) is 2.12. The van der Waals surface area contributed by atoms with E-state index in [1.54, 1.807) is 11.3 Å². The monoisotopic (exact) mass is 156 g/mol. The van der Waals surface area contributed by atoms with Gasteiger partial charge in [0.15, 0.2) is 0 Å². The fraction of sp³-hybridized carbons (Fsp3) is 0.571. The van der Waals surface area contributed by atoms with Crippen LogP contribution in [0.4, 0.5) is 0 Å². The maximum atomic E-state index is 5.79. The molecule has 0 radical (unpaired) electrons. The summed E-state index contributed by atoms with van der Waals surface area (Å²) in [7, 11) is 0. The third-order valence-corrected chi connectivity index (χ3v) is 1.87. The van der Waals surface area contributed by atoms with Crippen molar-refractivity contribution >= 4 is 11.3 Å². The van der Waals surface area contributed by atoms with Crippen LogP contribution in [0.1, 0.15) is 18.9 Å². The van der Waals surface area contributed by atoms with Gasteiger partial charge in [-0.25, -0.2) is 4.98 Å². The summed E-state index contributed by atoms with van der Waals surface area (Å²) in [6.45, 7) is 4.02. The van der Waals surface area contributed by atoms with E-state index in [9.17, 15) is 0 Å². The molecule has 0 aliphatic rings. The molecule has 0 fully saturated rings. The highest BCUT2D eigenvalue weighted by molar-refractivity contribution is 7.09. The summed E-state index contributed by atoms with van der Waals surface area (Å²) in [5.74, 6) is 0. The van der Waals surface area contributed by atoms with E-state index in [0.29, 0.717) is 0 Å². The molecule has 0 aromatic carbocycles. The molecule has 2 nitrogen and oxygen atoms in total. The molecule has 0 saturated carbocycles. The standard InChI is InChI=1S/C7H12N2S/c1-7(2,8)5-6-9-3-4-10-6/h3-4H,5,8H2,1-2H3. The van der Waals surface area contributed by atoms with Crippen LogP contribution in [0, 0.1) is 0 Å². The van der Waals surface area contributed by atoms with E-state index < -0.39 is 0 Å². The van der Waals surface area contributed by atoms with Gasteiger partial charge >= 0.3 is 0 Å². The van der Waals surface area contributed by atoms with E-state index >= 15 is 0 Å². The Balaban J connectivity index is 2.57. The lowest BCUT2D eigenvalue weighted by Crippen LogP contribution is -2.34. The third kappa shape index (κ3) is 2.45. The summed E-state index contributed by atoms with van der Waals surface area (Å²) in [5, 5.41) is 3.09. The van der Waals surface area contributed by atoms with Crippen LogP contribution < -0.4 is 5.73 Å². The number of aromatic nitrogens is 1. The molecule has 0 atom stereocenters. The minimum absolute atomic E-state index is 0.127. The van der Waals surface area contributed by atoms with E-state index in [2.05, 4.69) is 4.98 Å². The molecule has 0 saturated heterocycles. The molecule has 0 amide bonds. The Kier molecular flexibility index (Phi) is 2.06. The second-order valence-electron chi connectivity index (χ2n) is 3.09. The fourth-order valence-corrected chi connectivity index (χ4v) is 1.59. The Morgan fingerprint density at radius 1 is 1.70 bits per heavy atom. The number of thiazole rings is 1. The molecule has 1 heterocycles. The van der Waals surface area contributed by atoms with Gasteiger partial charge in [0.2, 0.25) is 0 Å². The van der Waals surface area contributed by atoms with Crippen molar-refractivity contribution in [2.45, 2.75) is 25.8 Å². The highest BCUT2D eigenvalue weighted by Gasteiger charge is 2.12. The summed E-state index contributed by atoms with van der Waals surface area (Å²) >= 11 is 1.66. The fourth-order valence-electron chi connectivity index (χ4n) is 0.730. The Bertz CT molecular complexity index is 186. The van der Waals surface area contributed by atoms with Crippen molar-refractivity contribution in [3.05, 3.63) is 16.6 Å². The zero-order valence-electron chi connectivity index (χ0n) is 6.29. The molecule has 10 heavy (non-hydrogen) atoms. The zero-order chi connectivity index (χ0) is 7.61. The first-order chi connectivity index (χ1) is 4.58. The molecule has 2 N–H and O–H groups in total. The van der Waals surface area contributed by atoms with Crippen molar-refractivity contribution in [1.82, 2.24) is 4.98 Å². The van der Waals surface area contributed by atoms with Crippen molar-refractivity contribution < 1.29 is 0 Å². The molecule has 0 aliphatic carbocycles. The average molecular weight is 156 g/mol. The summed E-state index contributed by atoms with van der Waals surface area (Å²) in [6, 6.07) is 0. The van der Waals surface area contributed by atoms with Crippen molar-refractivity contribution in [1.29, 1.82) is 0 Å². The number of hydrogen-bond acceptors (Lipinski definition) is 3. The van der Waals surface area contributed by atoms with E-state index in [1.165, 1.54) is 0 Å². The second-order valence-corrected chi connectivity index (χ2v) is 4.07. The van der Waals surface area contributed by atoms with E-state index in [4.69, 9.17) is 5.73 Å². The van der Waals surface area contributed by atoms with Gasteiger partial charge in [0, 0.05) is 23.5 Å². The van der Waals surface area contributed by atoms with Gasteiger partial charge in [0.1, 0.15) is 0 Å². The van der Waals surface area contributed by atoms with Crippen molar-refractivity contribution in [3.63, 3.8) is 0 Å². The molecular formula is C7H12N2S. The number of nitrogens with zero attached hydrogens (tertiary/aromatic N) is 1. The Morgan fingerprint density at radius 3 is 2.80 bits per heavy atom. The maximum absolute atomic E-state index is 5.79. The highest BCUT2D eigenvalue weighted by atomic mass is 32.1. The van der Waals surface area contributed by atoms with Crippen molar-refractivity contribution in [2.75, 3.05) is 0 Å². The predicted octanol–water partition coefficient (Wildman–Crippen LogP) is 1.42. The minimum Gasteiger partial charge on any atom is -0.325 e. The lowest BCUT2D eigenvalue weighted by Gasteiger charge is -2.15. The molecule has 1 rings (SSSR count). The Morgan fingerprint density at radius 2 is 2.40 bits per heavy atom. The van der Waals surface area contributed by atoms with E-state index in [1.807, 2.05) is 25.4 Å². The molecule has 0 spiro atoms. The predicted molar refractivity (Wildman–Crippen MR) is 44.1 cm³/mol. The van der Waals surface area contributed by atoms with E-state index in [-0.39, 0.29) is 5.54 Å². The van der Waals surface area contributed by atoms with Gasteiger partial charge in [0.05, 0.1) is 5.01 Å². The normalized spacial score (nSPS) is 11.9. The van der Waals surface area contributed by atoms with Crippen LogP contribution in [0.5, 0.6) is 0 Å². The quantitative estimate of drug-likeness (QED) is 0.703. The summed E-state index contributed by atoms with van der Waals surface area (Å²) < 4.78 is 0. The maximum Gasteiger partial charge on any atom is 0.0942 e. The Hall–Kier alpha value is -0.410. The van der Waals surface area contributed by atoms with Gasteiger partial charge in [0.25, 0.3) is 0 Å². The summed E-state index contributed by atoms with van der Waals surface area (Å²) in [6.07, 6.45) is 2.68. The summed E-state index contributed by atoms with van der Waals surface area (Å²) in [4.78, 5) is 4.14. The smallest absolute Gasteiger partial charge is 0.0942 e. The third-order valence-electron chi connectivity index (χ3n) is 1.09. The van der Waals surface area contributed by atoms with Gasteiger partial charge in [-0.3, -0.25) is 0 Å². The van der Waals surface area contributed by atoms with Gasteiger partial charge in [-0.2, -0.15) is 0 Å². The first kappa shape index (κ1) is 7.69. The molecule has 0 bridgehead atoms. The van der Waals surface area contributed by atoms with Gasteiger partial charge in [-0.15, -0.1) is 11.3 Å². The van der Waals surface area contributed by atoms with Crippen molar-refractivity contribution in [3.8, 4) is 0 Å². The SMILES string of the molecule is CC(C)(N)Cc1nccs1. The molecular weight excluding hydrogens is 144 g/mol.